The molecule has 1 atom stereocenters. The van der Waals surface area contributed by atoms with Crippen molar-refractivity contribution in [3.05, 3.63) is 0 Å². The molecule has 0 aromatic heterocycles. The first-order valence-corrected chi connectivity index (χ1v) is 5.54. The Bertz CT molecular complexity index is 74.5. The summed E-state index contributed by atoms with van der Waals surface area (Å²) < 4.78 is 5.32. The zero-order valence-electron chi connectivity index (χ0n) is 7.72. The number of thioether (sulfide) groups is 1. The molecule has 0 saturated carbocycles. The minimum Gasteiger partial charge on any atom is -0.380 e. The average Bonchev–Trinajstić information content (AvgIpc) is 2.01. The number of likely N-dealkylation sites (N-methyl/N-ethyl adjacent to an activating group) is 1. The number of ether oxygens (including phenoxy) is 1. The van der Waals surface area contributed by atoms with Crippen LogP contribution in [0.3, 0.4) is 0 Å². The largest absolute Gasteiger partial charge is 0.380 e. The first kappa shape index (κ1) is 11.3. The molecule has 0 bridgehead atoms. The highest BCUT2D eigenvalue weighted by atomic mass is 32.2. The van der Waals surface area contributed by atoms with E-state index in [1.165, 1.54) is 0 Å². The molecule has 0 heterocycles. The van der Waals surface area contributed by atoms with Crippen LogP contribution in [-0.2, 0) is 4.74 Å². The molecule has 0 spiro atoms. The molecule has 68 valence electrons. The fourth-order valence-electron chi connectivity index (χ4n) is 0.916. The normalized spacial score (nSPS) is 13.4. The van der Waals surface area contributed by atoms with Crippen molar-refractivity contribution in [1.82, 2.24) is 5.32 Å². The Kier molecular flexibility index (Phi) is 8.57. The molecule has 1 unspecified atom stereocenters. The van der Waals surface area contributed by atoms with Gasteiger partial charge < -0.3 is 10.1 Å². The summed E-state index contributed by atoms with van der Waals surface area (Å²) >= 11 is 1.86. The molecule has 0 saturated heterocycles. The summed E-state index contributed by atoms with van der Waals surface area (Å²) in [5.74, 6) is 1.13. The van der Waals surface area contributed by atoms with E-state index in [2.05, 4.69) is 18.5 Å². The summed E-state index contributed by atoms with van der Waals surface area (Å²) in [5, 5.41) is 3.37. The van der Waals surface area contributed by atoms with Crippen LogP contribution >= 0.6 is 11.8 Å². The van der Waals surface area contributed by atoms with Crippen LogP contribution < -0.4 is 5.32 Å². The fourth-order valence-corrected chi connectivity index (χ4v) is 1.53. The summed E-state index contributed by atoms with van der Waals surface area (Å²) in [4.78, 5) is 0. The first-order valence-electron chi connectivity index (χ1n) is 4.15. The maximum absolute atomic E-state index is 5.32. The van der Waals surface area contributed by atoms with E-state index in [1.807, 2.05) is 18.7 Å². The molecule has 0 aliphatic heterocycles. The summed E-state index contributed by atoms with van der Waals surface area (Å²) in [6, 6.07) is 0.523. The van der Waals surface area contributed by atoms with E-state index < -0.39 is 0 Å². The quantitative estimate of drug-likeness (QED) is 0.634. The molecule has 0 aliphatic carbocycles. The minimum absolute atomic E-state index is 0.523. The summed E-state index contributed by atoms with van der Waals surface area (Å²) in [6.07, 6.45) is 2.12. The van der Waals surface area contributed by atoms with Crippen LogP contribution in [0.2, 0.25) is 0 Å². The molecule has 0 radical (unpaired) electrons. The van der Waals surface area contributed by atoms with Crippen LogP contribution in [0.4, 0.5) is 0 Å². The number of hydrogen-bond donors (Lipinski definition) is 1. The third kappa shape index (κ3) is 6.66. The molecule has 2 nitrogen and oxygen atoms in total. The van der Waals surface area contributed by atoms with Crippen LogP contribution in [0.5, 0.6) is 0 Å². The van der Waals surface area contributed by atoms with Crippen molar-refractivity contribution < 1.29 is 4.74 Å². The lowest BCUT2D eigenvalue weighted by molar-refractivity contribution is 0.129. The second-order valence-corrected chi connectivity index (χ2v) is 3.28. The Balaban J connectivity index is 3.34. The zero-order chi connectivity index (χ0) is 8.53. The van der Waals surface area contributed by atoms with Crippen LogP contribution in [0, 0.1) is 0 Å². The Hall–Kier alpha value is 0.270. The molecule has 1 N–H and O–H groups in total. The van der Waals surface area contributed by atoms with Gasteiger partial charge in [0.05, 0.1) is 6.61 Å². The Morgan fingerprint density at radius 3 is 2.64 bits per heavy atom. The van der Waals surface area contributed by atoms with Crippen LogP contribution in [0.1, 0.15) is 13.8 Å². The maximum atomic E-state index is 5.32. The third-order valence-electron chi connectivity index (χ3n) is 1.38. The van der Waals surface area contributed by atoms with E-state index in [0.717, 1.165) is 25.5 Å². The van der Waals surface area contributed by atoms with E-state index in [1.54, 1.807) is 0 Å². The predicted octanol–water partition coefficient (Wildman–Crippen LogP) is 1.36. The lowest BCUT2D eigenvalue weighted by Crippen LogP contribution is -2.35. The fraction of sp³-hybridized carbons (Fsp3) is 1.00. The molecule has 11 heavy (non-hydrogen) atoms. The van der Waals surface area contributed by atoms with Gasteiger partial charge >= 0.3 is 0 Å². The van der Waals surface area contributed by atoms with Gasteiger partial charge in [-0.3, -0.25) is 0 Å². The minimum atomic E-state index is 0.523. The second kappa shape index (κ2) is 8.37. The van der Waals surface area contributed by atoms with Crippen LogP contribution in [0.15, 0.2) is 0 Å². The highest BCUT2D eigenvalue weighted by Gasteiger charge is 2.04. The molecular formula is C8H19NOS. The van der Waals surface area contributed by atoms with E-state index in [4.69, 9.17) is 4.74 Å². The summed E-state index contributed by atoms with van der Waals surface area (Å²) in [7, 11) is 0. The van der Waals surface area contributed by atoms with Crippen molar-refractivity contribution in [1.29, 1.82) is 0 Å². The molecular weight excluding hydrogens is 158 g/mol. The topological polar surface area (TPSA) is 21.3 Å². The van der Waals surface area contributed by atoms with Gasteiger partial charge in [0.1, 0.15) is 0 Å². The lowest BCUT2D eigenvalue weighted by Gasteiger charge is -2.15. The molecule has 0 aromatic rings. The van der Waals surface area contributed by atoms with Gasteiger partial charge in [0, 0.05) is 18.4 Å². The number of rotatable bonds is 7. The number of nitrogens with one attached hydrogen (secondary N) is 1. The predicted molar refractivity (Wildman–Crippen MR) is 52.3 cm³/mol. The molecule has 0 rings (SSSR count). The van der Waals surface area contributed by atoms with Gasteiger partial charge in [-0.05, 0) is 19.7 Å². The Labute approximate surface area is 74.1 Å². The highest BCUT2D eigenvalue weighted by molar-refractivity contribution is 7.98. The smallest absolute Gasteiger partial charge is 0.0627 e. The van der Waals surface area contributed by atoms with Crippen molar-refractivity contribution >= 4 is 11.8 Å². The van der Waals surface area contributed by atoms with Gasteiger partial charge in [0.15, 0.2) is 0 Å². The van der Waals surface area contributed by atoms with Gasteiger partial charge in [0.25, 0.3) is 0 Å². The molecule has 0 aliphatic rings. The lowest BCUT2D eigenvalue weighted by atomic mass is 10.3. The van der Waals surface area contributed by atoms with E-state index in [-0.39, 0.29) is 0 Å². The van der Waals surface area contributed by atoms with Crippen molar-refractivity contribution in [3.63, 3.8) is 0 Å². The standard InChI is InChI=1S/C8H19NOS/c1-4-9-8(7-11-3)6-10-5-2/h8-9H,4-7H2,1-3H3. The van der Waals surface area contributed by atoms with Crippen LogP contribution in [-0.4, -0.2) is 37.8 Å². The monoisotopic (exact) mass is 177 g/mol. The van der Waals surface area contributed by atoms with E-state index >= 15 is 0 Å². The van der Waals surface area contributed by atoms with Gasteiger partial charge in [0.2, 0.25) is 0 Å². The van der Waals surface area contributed by atoms with Crippen molar-refractivity contribution in [3.8, 4) is 0 Å². The second-order valence-electron chi connectivity index (χ2n) is 2.37. The maximum Gasteiger partial charge on any atom is 0.0627 e. The Morgan fingerprint density at radius 1 is 1.45 bits per heavy atom. The summed E-state index contributed by atoms with van der Waals surface area (Å²) in [5.41, 5.74) is 0. The highest BCUT2D eigenvalue weighted by Crippen LogP contribution is 1.97. The Morgan fingerprint density at radius 2 is 2.18 bits per heavy atom. The third-order valence-corrected chi connectivity index (χ3v) is 2.12. The van der Waals surface area contributed by atoms with E-state index in [9.17, 15) is 0 Å². The van der Waals surface area contributed by atoms with Crippen molar-refractivity contribution in [2.24, 2.45) is 0 Å². The zero-order valence-corrected chi connectivity index (χ0v) is 8.54. The van der Waals surface area contributed by atoms with Crippen LogP contribution in [0.25, 0.3) is 0 Å². The van der Waals surface area contributed by atoms with Gasteiger partial charge in [-0.1, -0.05) is 6.92 Å². The molecule has 0 fully saturated rings. The van der Waals surface area contributed by atoms with Gasteiger partial charge in [-0.25, -0.2) is 0 Å². The first-order chi connectivity index (χ1) is 5.35. The summed E-state index contributed by atoms with van der Waals surface area (Å²) in [6.45, 7) is 6.83. The number of hydrogen-bond acceptors (Lipinski definition) is 3. The van der Waals surface area contributed by atoms with Crippen molar-refractivity contribution in [2.75, 3.05) is 31.8 Å². The van der Waals surface area contributed by atoms with E-state index in [0.29, 0.717) is 6.04 Å². The van der Waals surface area contributed by atoms with Gasteiger partial charge in [-0.2, -0.15) is 11.8 Å². The molecule has 3 heteroatoms. The van der Waals surface area contributed by atoms with Gasteiger partial charge in [-0.15, -0.1) is 0 Å². The molecule has 0 aromatic carbocycles. The SMILES string of the molecule is CCNC(COCC)CSC. The van der Waals surface area contributed by atoms with Crippen molar-refractivity contribution in [2.45, 2.75) is 19.9 Å². The molecule has 0 amide bonds. The average molecular weight is 177 g/mol.